The van der Waals surface area contributed by atoms with Crippen LogP contribution < -0.4 is 4.74 Å². The Balaban J connectivity index is 2.11. The number of ketones is 1. The van der Waals surface area contributed by atoms with Gasteiger partial charge in [0.05, 0.1) is 0 Å². The Morgan fingerprint density at radius 1 is 1.05 bits per heavy atom. The van der Waals surface area contributed by atoms with E-state index >= 15 is 0 Å². The number of rotatable bonds is 5. The first-order chi connectivity index (χ1) is 9.97. The minimum absolute atomic E-state index is 0.0621. The summed E-state index contributed by atoms with van der Waals surface area (Å²) in [6.45, 7) is -2.95. The van der Waals surface area contributed by atoms with Crippen LogP contribution in [0.3, 0.4) is 0 Å². The van der Waals surface area contributed by atoms with Crippen LogP contribution in [0, 0.1) is 11.6 Å². The molecule has 2 aromatic carbocycles. The Hall–Kier alpha value is -2.37. The fraction of sp³-hybridized carbons (Fsp3) is 0.133. The van der Waals surface area contributed by atoms with Gasteiger partial charge in [-0.3, -0.25) is 4.79 Å². The maximum atomic E-state index is 13.5. The largest absolute Gasteiger partial charge is 0.435 e. The first-order valence-corrected chi connectivity index (χ1v) is 5.98. The van der Waals surface area contributed by atoms with Crippen molar-refractivity contribution in [2.75, 3.05) is 0 Å². The number of carbonyl (C=O) groups is 1. The molecule has 0 saturated carbocycles. The molecule has 0 amide bonds. The van der Waals surface area contributed by atoms with Gasteiger partial charge in [0.2, 0.25) is 0 Å². The number of hydrogen-bond donors (Lipinski definition) is 0. The molecule has 0 heterocycles. The molecular formula is C15H10F4O2. The summed E-state index contributed by atoms with van der Waals surface area (Å²) in [4.78, 5) is 11.9. The van der Waals surface area contributed by atoms with Crippen LogP contribution in [0.4, 0.5) is 17.6 Å². The highest BCUT2D eigenvalue weighted by Gasteiger charge is 2.13. The van der Waals surface area contributed by atoms with Crippen molar-refractivity contribution in [3.8, 4) is 5.75 Å². The topological polar surface area (TPSA) is 26.3 Å². The van der Waals surface area contributed by atoms with Crippen molar-refractivity contribution in [1.29, 1.82) is 0 Å². The third-order valence-electron chi connectivity index (χ3n) is 2.78. The number of benzene rings is 2. The summed E-state index contributed by atoms with van der Waals surface area (Å²) >= 11 is 0. The number of Topliss-reactive ketones (excluding diaryl/α,β-unsaturated/α-hetero) is 1. The lowest BCUT2D eigenvalue weighted by atomic mass is 10.0. The maximum Gasteiger partial charge on any atom is 0.387 e. The molecule has 2 nitrogen and oxygen atoms in total. The van der Waals surface area contributed by atoms with E-state index in [4.69, 9.17) is 0 Å². The number of halogens is 4. The molecule has 0 unspecified atom stereocenters. The number of hydrogen-bond acceptors (Lipinski definition) is 2. The Bertz CT molecular complexity index is 639. The predicted molar refractivity (Wildman–Crippen MR) is 67.5 cm³/mol. The molecule has 0 atom stereocenters. The van der Waals surface area contributed by atoms with Crippen LogP contribution in [0.1, 0.15) is 15.9 Å². The molecule has 0 N–H and O–H groups in total. The van der Waals surface area contributed by atoms with Crippen molar-refractivity contribution in [3.63, 3.8) is 0 Å². The van der Waals surface area contributed by atoms with E-state index in [9.17, 15) is 22.4 Å². The van der Waals surface area contributed by atoms with Gasteiger partial charge in [0.1, 0.15) is 5.75 Å². The van der Waals surface area contributed by atoms with Crippen molar-refractivity contribution in [1.82, 2.24) is 0 Å². The van der Waals surface area contributed by atoms with Gasteiger partial charge in [0, 0.05) is 12.0 Å². The van der Waals surface area contributed by atoms with Crippen molar-refractivity contribution in [2.24, 2.45) is 0 Å². The van der Waals surface area contributed by atoms with Crippen LogP contribution >= 0.6 is 0 Å². The minimum Gasteiger partial charge on any atom is -0.435 e. The Labute approximate surface area is 118 Å². The van der Waals surface area contributed by atoms with Gasteiger partial charge in [0.25, 0.3) is 0 Å². The molecule has 0 aliphatic heterocycles. The van der Waals surface area contributed by atoms with Gasteiger partial charge in [-0.05, 0) is 35.9 Å². The third kappa shape index (κ3) is 3.81. The molecule has 0 saturated heterocycles. The predicted octanol–water partition coefficient (Wildman–Crippen LogP) is 3.99. The van der Waals surface area contributed by atoms with Gasteiger partial charge in [0.15, 0.2) is 17.4 Å². The second-order valence-electron chi connectivity index (χ2n) is 4.22. The fourth-order valence-corrected chi connectivity index (χ4v) is 1.78. The maximum absolute atomic E-state index is 13.5. The Morgan fingerprint density at radius 2 is 1.71 bits per heavy atom. The smallest absolute Gasteiger partial charge is 0.387 e. The zero-order chi connectivity index (χ0) is 15.4. The quantitative estimate of drug-likeness (QED) is 0.616. The van der Waals surface area contributed by atoms with E-state index in [2.05, 4.69) is 4.74 Å². The molecule has 2 rings (SSSR count). The summed E-state index contributed by atoms with van der Waals surface area (Å²) in [5.74, 6) is -2.63. The monoisotopic (exact) mass is 298 g/mol. The molecule has 0 bridgehead atoms. The average molecular weight is 298 g/mol. The van der Waals surface area contributed by atoms with Crippen LogP contribution in [-0.4, -0.2) is 12.4 Å². The van der Waals surface area contributed by atoms with Gasteiger partial charge in [-0.15, -0.1) is 0 Å². The fourth-order valence-electron chi connectivity index (χ4n) is 1.78. The number of alkyl halides is 2. The molecule has 6 heteroatoms. The van der Waals surface area contributed by atoms with Gasteiger partial charge >= 0.3 is 6.61 Å². The molecule has 0 aliphatic rings. The highest BCUT2D eigenvalue weighted by molar-refractivity contribution is 5.97. The van der Waals surface area contributed by atoms with Gasteiger partial charge < -0.3 is 4.74 Å². The van der Waals surface area contributed by atoms with Crippen LogP contribution in [0.5, 0.6) is 5.75 Å². The van der Waals surface area contributed by atoms with Crippen molar-refractivity contribution in [2.45, 2.75) is 13.0 Å². The molecule has 0 aromatic heterocycles. The van der Waals surface area contributed by atoms with E-state index < -0.39 is 24.0 Å². The third-order valence-corrected chi connectivity index (χ3v) is 2.78. The SMILES string of the molecule is O=C(Cc1cccc(F)c1F)c1ccc(OC(F)F)cc1. The Morgan fingerprint density at radius 3 is 2.33 bits per heavy atom. The molecule has 0 aliphatic carbocycles. The van der Waals surface area contributed by atoms with E-state index in [1.807, 2.05) is 0 Å². The molecule has 110 valence electrons. The van der Waals surface area contributed by atoms with E-state index in [1.165, 1.54) is 36.4 Å². The lowest BCUT2D eigenvalue weighted by Crippen LogP contribution is -2.07. The summed E-state index contributed by atoms with van der Waals surface area (Å²) in [7, 11) is 0. The highest BCUT2D eigenvalue weighted by Crippen LogP contribution is 2.18. The van der Waals surface area contributed by atoms with Crippen molar-refractivity contribution >= 4 is 5.78 Å². The molecular weight excluding hydrogens is 288 g/mol. The van der Waals surface area contributed by atoms with Gasteiger partial charge in [-0.1, -0.05) is 12.1 Å². The molecule has 21 heavy (non-hydrogen) atoms. The molecule has 0 fully saturated rings. The summed E-state index contributed by atoms with van der Waals surface area (Å²) in [5.41, 5.74) is 0.133. The second kappa shape index (κ2) is 6.39. The van der Waals surface area contributed by atoms with E-state index in [0.717, 1.165) is 6.07 Å². The highest BCUT2D eigenvalue weighted by atomic mass is 19.3. The zero-order valence-corrected chi connectivity index (χ0v) is 10.7. The normalized spacial score (nSPS) is 10.7. The lowest BCUT2D eigenvalue weighted by Gasteiger charge is -2.06. The summed E-state index contributed by atoms with van der Waals surface area (Å²) < 4.78 is 54.6. The van der Waals surface area contributed by atoms with Crippen LogP contribution in [-0.2, 0) is 6.42 Å². The zero-order valence-electron chi connectivity index (χ0n) is 10.7. The number of carbonyl (C=O) groups excluding carboxylic acids is 1. The summed E-state index contributed by atoms with van der Waals surface area (Å²) in [6, 6.07) is 8.57. The lowest BCUT2D eigenvalue weighted by molar-refractivity contribution is -0.0498. The van der Waals surface area contributed by atoms with Crippen molar-refractivity contribution in [3.05, 3.63) is 65.2 Å². The Kier molecular flexibility index (Phi) is 4.57. The number of ether oxygens (including phenoxy) is 1. The second-order valence-corrected chi connectivity index (χ2v) is 4.22. The van der Waals surface area contributed by atoms with Crippen molar-refractivity contribution < 1.29 is 27.1 Å². The minimum atomic E-state index is -2.95. The molecule has 0 radical (unpaired) electrons. The van der Waals surface area contributed by atoms with Gasteiger partial charge in [-0.2, -0.15) is 8.78 Å². The van der Waals surface area contributed by atoms with Crippen LogP contribution in [0.25, 0.3) is 0 Å². The summed E-state index contributed by atoms with van der Waals surface area (Å²) in [6.07, 6.45) is -0.321. The first-order valence-electron chi connectivity index (χ1n) is 5.98. The molecule has 0 spiro atoms. The van der Waals surface area contributed by atoms with Crippen LogP contribution in [0.2, 0.25) is 0 Å². The summed E-state index contributed by atoms with van der Waals surface area (Å²) in [5, 5.41) is 0. The van der Waals surface area contributed by atoms with E-state index in [0.29, 0.717) is 0 Å². The van der Waals surface area contributed by atoms with Crippen LogP contribution in [0.15, 0.2) is 42.5 Å². The average Bonchev–Trinajstić information content (AvgIpc) is 2.44. The molecule has 2 aromatic rings. The first kappa shape index (κ1) is 15.0. The van der Waals surface area contributed by atoms with E-state index in [1.54, 1.807) is 0 Å². The van der Waals surface area contributed by atoms with E-state index in [-0.39, 0.29) is 23.3 Å². The van der Waals surface area contributed by atoms with Gasteiger partial charge in [-0.25, -0.2) is 8.78 Å². The standard InChI is InChI=1S/C15H10F4O2/c16-12-3-1-2-10(14(12)17)8-13(20)9-4-6-11(7-5-9)21-15(18)19/h1-7,15H,8H2.